The molecule has 1 aliphatic carbocycles. The average Bonchev–Trinajstić information content (AvgIpc) is 3.18. The van der Waals surface area contributed by atoms with Gasteiger partial charge in [-0.1, -0.05) is 6.92 Å². The summed E-state index contributed by atoms with van der Waals surface area (Å²) in [4.78, 5) is 16.8. The van der Waals surface area contributed by atoms with E-state index < -0.39 is 0 Å². The molecule has 0 spiro atoms. The Morgan fingerprint density at radius 1 is 1.39 bits per heavy atom. The summed E-state index contributed by atoms with van der Waals surface area (Å²) in [6.45, 7) is 5.61. The van der Waals surface area contributed by atoms with Crippen molar-refractivity contribution in [3.05, 3.63) is 0 Å². The van der Waals surface area contributed by atoms with Crippen LogP contribution in [0.1, 0.15) is 39.0 Å². The molecular formula is C14H26N2OS. The van der Waals surface area contributed by atoms with E-state index in [1.807, 2.05) is 11.9 Å². The van der Waals surface area contributed by atoms with E-state index in [0.29, 0.717) is 18.4 Å². The topological polar surface area (TPSA) is 23.6 Å². The molecule has 0 atom stereocenters. The van der Waals surface area contributed by atoms with Gasteiger partial charge in [-0.3, -0.25) is 4.79 Å². The molecule has 0 N–H and O–H groups in total. The lowest BCUT2D eigenvalue weighted by molar-refractivity contribution is -0.134. The monoisotopic (exact) mass is 270 g/mol. The number of hydrogen-bond donors (Lipinski definition) is 1. The summed E-state index contributed by atoms with van der Waals surface area (Å²) in [6.07, 6.45) is 5.34. The van der Waals surface area contributed by atoms with E-state index in [1.54, 1.807) is 0 Å². The second kappa shape index (κ2) is 5.83. The van der Waals surface area contributed by atoms with Crippen molar-refractivity contribution in [2.75, 3.05) is 32.4 Å². The molecule has 0 unspecified atom stereocenters. The fourth-order valence-corrected chi connectivity index (χ4v) is 3.27. The van der Waals surface area contributed by atoms with E-state index in [0.717, 1.165) is 38.2 Å². The summed E-state index contributed by atoms with van der Waals surface area (Å²) < 4.78 is 0. The SMILES string of the molecule is CCN1CCC(N(C)C(=O)CC2(CS)CC2)CC1. The van der Waals surface area contributed by atoms with E-state index >= 15 is 0 Å². The first kappa shape index (κ1) is 14.2. The third-order valence-electron chi connectivity index (χ3n) is 4.76. The van der Waals surface area contributed by atoms with Crippen LogP contribution < -0.4 is 0 Å². The molecule has 0 aromatic rings. The van der Waals surface area contributed by atoms with Crippen LogP contribution in [-0.4, -0.2) is 54.2 Å². The van der Waals surface area contributed by atoms with Crippen molar-refractivity contribution in [2.45, 2.75) is 45.1 Å². The van der Waals surface area contributed by atoms with Gasteiger partial charge in [0.2, 0.25) is 5.91 Å². The van der Waals surface area contributed by atoms with Gasteiger partial charge in [0.25, 0.3) is 0 Å². The number of carbonyl (C=O) groups is 1. The molecule has 0 bridgehead atoms. The Morgan fingerprint density at radius 3 is 2.44 bits per heavy atom. The molecule has 18 heavy (non-hydrogen) atoms. The Balaban J connectivity index is 1.80. The number of amides is 1. The zero-order valence-electron chi connectivity index (χ0n) is 11.7. The van der Waals surface area contributed by atoms with Crippen molar-refractivity contribution in [2.24, 2.45) is 5.41 Å². The lowest BCUT2D eigenvalue weighted by Crippen LogP contribution is -2.46. The van der Waals surface area contributed by atoms with Crippen LogP contribution in [0, 0.1) is 5.41 Å². The molecule has 1 saturated carbocycles. The minimum atomic E-state index is 0.249. The Bertz CT molecular complexity index is 296. The van der Waals surface area contributed by atoms with Crippen molar-refractivity contribution in [1.82, 2.24) is 9.80 Å². The van der Waals surface area contributed by atoms with Crippen molar-refractivity contribution in [3.8, 4) is 0 Å². The second-order valence-electron chi connectivity index (χ2n) is 6.00. The smallest absolute Gasteiger partial charge is 0.223 e. The van der Waals surface area contributed by atoms with E-state index in [9.17, 15) is 4.79 Å². The summed E-state index contributed by atoms with van der Waals surface area (Å²) in [5.74, 6) is 1.19. The first-order valence-corrected chi connectivity index (χ1v) is 7.82. The lowest BCUT2D eigenvalue weighted by Gasteiger charge is -2.36. The van der Waals surface area contributed by atoms with Gasteiger partial charge in [0.05, 0.1) is 0 Å². The van der Waals surface area contributed by atoms with Gasteiger partial charge >= 0.3 is 0 Å². The molecule has 2 rings (SSSR count). The summed E-state index contributed by atoms with van der Waals surface area (Å²) in [7, 11) is 1.99. The molecule has 2 aliphatic rings. The highest BCUT2D eigenvalue weighted by atomic mass is 32.1. The van der Waals surface area contributed by atoms with Gasteiger partial charge in [-0.2, -0.15) is 12.6 Å². The van der Waals surface area contributed by atoms with Gasteiger partial charge < -0.3 is 9.80 Å². The quantitative estimate of drug-likeness (QED) is 0.773. The minimum absolute atomic E-state index is 0.249. The maximum atomic E-state index is 12.3. The van der Waals surface area contributed by atoms with Crippen LogP contribution in [0.5, 0.6) is 0 Å². The fraction of sp³-hybridized carbons (Fsp3) is 0.929. The fourth-order valence-electron chi connectivity index (χ4n) is 2.84. The number of carbonyl (C=O) groups excluding carboxylic acids is 1. The number of thiol groups is 1. The highest BCUT2D eigenvalue weighted by Crippen LogP contribution is 2.49. The molecule has 1 aliphatic heterocycles. The predicted octanol–water partition coefficient (Wildman–Crippen LogP) is 2.03. The van der Waals surface area contributed by atoms with Crippen LogP contribution in [0.4, 0.5) is 0 Å². The van der Waals surface area contributed by atoms with Crippen LogP contribution in [-0.2, 0) is 4.79 Å². The van der Waals surface area contributed by atoms with Gasteiger partial charge in [0, 0.05) is 32.6 Å². The summed E-state index contributed by atoms with van der Waals surface area (Å²) in [6, 6.07) is 0.455. The third kappa shape index (κ3) is 3.21. The van der Waals surface area contributed by atoms with Gasteiger partial charge in [-0.15, -0.1) is 0 Å². The molecule has 3 nitrogen and oxygen atoms in total. The normalized spacial score (nSPS) is 23.9. The van der Waals surface area contributed by atoms with Crippen molar-refractivity contribution >= 4 is 18.5 Å². The number of hydrogen-bond acceptors (Lipinski definition) is 3. The van der Waals surface area contributed by atoms with Gasteiger partial charge in [0.1, 0.15) is 0 Å². The second-order valence-corrected chi connectivity index (χ2v) is 6.32. The van der Waals surface area contributed by atoms with E-state index in [1.165, 1.54) is 12.8 Å². The third-order valence-corrected chi connectivity index (χ3v) is 5.43. The number of nitrogens with zero attached hydrogens (tertiary/aromatic N) is 2. The Kier molecular flexibility index (Phi) is 4.59. The van der Waals surface area contributed by atoms with E-state index in [-0.39, 0.29) is 5.41 Å². The van der Waals surface area contributed by atoms with Crippen molar-refractivity contribution in [1.29, 1.82) is 0 Å². The minimum Gasteiger partial charge on any atom is -0.343 e. The van der Waals surface area contributed by atoms with Crippen LogP contribution in [0.15, 0.2) is 0 Å². The lowest BCUT2D eigenvalue weighted by atomic mass is 10.0. The van der Waals surface area contributed by atoms with Crippen molar-refractivity contribution in [3.63, 3.8) is 0 Å². The van der Waals surface area contributed by atoms with E-state index in [4.69, 9.17) is 0 Å². The van der Waals surface area contributed by atoms with Gasteiger partial charge in [0.15, 0.2) is 0 Å². The molecule has 0 aromatic heterocycles. The van der Waals surface area contributed by atoms with Gasteiger partial charge in [-0.05, 0) is 43.4 Å². The molecule has 4 heteroatoms. The van der Waals surface area contributed by atoms with Crippen LogP contribution in [0.3, 0.4) is 0 Å². The van der Waals surface area contributed by atoms with Crippen LogP contribution >= 0.6 is 12.6 Å². The number of piperidine rings is 1. The first-order chi connectivity index (χ1) is 8.60. The van der Waals surface area contributed by atoms with Crippen LogP contribution in [0.25, 0.3) is 0 Å². The maximum Gasteiger partial charge on any atom is 0.223 e. The molecule has 0 radical (unpaired) electrons. The molecular weight excluding hydrogens is 244 g/mol. The summed E-state index contributed by atoms with van der Waals surface area (Å²) >= 11 is 4.38. The molecule has 2 fully saturated rings. The average molecular weight is 270 g/mol. The molecule has 1 heterocycles. The maximum absolute atomic E-state index is 12.3. The first-order valence-electron chi connectivity index (χ1n) is 7.19. The standard InChI is InChI=1S/C14H26N2OS/c1-3-16-8-4-12(5-9-16)15(2)13(17)10-14(11-18)6-7-14/h12,18H,3-11H2,1-2H3. The van der Waals surface area contributed by atoms with Crippen molar-refractivity contribution < 1.29 is 4.79 Å². The highest BCUT2D eigenvalue weighted by molar-refractivity contribution is 7.80. The summed E-state index contributed by atoms with van der Waals surface area (Å²) in [5.41, 5.74) is 0.249. The Hall–Kier alpha value is -0.220. The molecule has 1 amide bonds. The number of rotatable bonds is 5. The predicted molar refractivity (Wildman–Crippen MR) is 78.0 cm³/mol. The van der Waals surface area contributed by atoms with E-state index in [2.05, 4.69) is 24.5 Å². The molecule has 0 aromatic carbocycles. The van der Waals surface area contributed by atoms with Crippen LogP contribution in [0.2, 0.25) is 0 Å². The zero-order chi connectivity index (χ0) is 13.2. The Labute approximate surface area is 116 Å². The molecule has 104 valence electrons. The zero-order valence-corrected chi connectivity index (χ0v) is 12.6. The molecule has 1 saturated heterocycles. The Morgan fingerprint density at radius 2 is 2.00 bits per heavy atom. The largest absolute Gasteiger partial charge is 0.343 e. The summed E-state index contributed by atoms with van der Waals surface area (Å²) in [5, 5.41) is 0. The van der Waals surface area contributed by atoms with Gasteiger partial charge in [-0.25, -0.2) is 0 Å². The highest BCUT2D eigenvalue weighted by Gasteiger charge is 2.44. The number of likely N-dealkylation sites (tertiary alicyclic amines) is 1.